The summed E-state index contributed by atoms with van der Waals surface area (Å²) in [6.45, 7) is 0.767. The number of benzene rings is 2. The molecule has 0 aliphatic carbocycles. The molecule has 2 aromatic carbocycles. The first-order chi connectivity index (χ1) is 9.83. The van der Waals surface area contributed by atoms with Crippen LogP contribution in [-0.4, -0.2) is 17.4 Å². The van der Waals surface area contributed by atoms with Crippen LogP contribution in [0.3, 0.4) is 0 Å². The van der Waals surface area contributed by atoms with E-state index in [1.807, 2.05) is 53.6 Å². The average Bonchev–Trinajstić information content (AvgIpc) is 3.12. The van der Waals surface area contributed by atoms with Gasteiger partial charge in [0.25, 0.3) is 5.91 Å². The number of aromatic nitrogens is 1. The third kappa shape index (κ3) is 1.63. The lowest BCUT2D eigenvalue weighted by Crippen LogP contribution is -2.28. The fraction of sp³-hybridized carbons (Fsp3) is 0.118. The van der Waals surface area contributed by atoms with Crippen LogP contribution in [0.15, 0.2) is 54.7 Å². The Labute approximate surface area is 116 Å². The first-order valence-electron chi connectivity index (χ1n) is 6.80. The third-order valence-electron chi connectivity index (χ3n) is 3.93. The van der Waals surface area contributed by atoms with Gasteiger partial charge in [-0.1, -0.05) is 18.2 Å². The monoisotopic (exact) mass is 262 g/mol. The average molecular weight is 262 g/mol. The molecule has 0 bridgehead atoms. The van der Waals surface area contributed by atoms with E-state index in [1.165, 1.54) is 5.56 Å². The van der Waals surface area contributed by atoms with E-state index in [2.05, 4.69) is 11.1 Å². The maximum atomic E-state index is 12.7. The van der Waals surface area contributed by atoms with Crippen molar-refractivity contribution < 1.29 is 4.79 Å². The van der Waals surface area contributed by atoms with Crippen LogP contribution in [0.5, 0.6) is 0 Å². The summed E-state index contributed by atoms with van der Waals surface area (Å²) in [6, 6.07) is 15.9. The highest BCUT2D eigenvalue weighted by molar-refractivity contribution is 6.08. The van der Waals surface area contributed by atoms with Gasteiger partial charge >= 0.3 is 0 Å². The van der Waals surface area contributed by atoms with Crippen LogP contribution in [0.1, 0.15) is 15.9 Å². The van der Waals surface area contributed by atoms with Gasteiger partial charge in [0.05, 0.1) is 0 Å². The van der Waals surface area contributed by atoms with E-state index >= 15 is 0 Å². The number of hydrogen-bond donors (Lipinski definition) is 1. The zero-order valence-electron chi connectivity index (χ0n) is 11.0. The Bertz CT molecular complexity index is 803. The molecule has 1 aromatic heterocycles. The van der Waals surface area contributed by atoms with Crippen molar-refractivity contribution in [2.45, 2.75) is 6.42 Å². The lowest BCUT2D eigenvalue weighted by molar-refractivity contribution is 0.0989. The summed E-state index contributed by atoms with van der Waals surface area (Å²) in [7, 11) is 0. The van der Waals surface area contributed by atoms with E-state index in [0.29, 0.717) is 0 Å². The van der Waals surface area contributed by atoms with Gasteiger partial charge < -0.3 is 9.88 Å². The van der Waals surface area contributed by atoms with Crippen LogP contribution in [0.2, 0.25) is 0 Å². The first kappa shape index (κ1) is 11.3. The fourth-order valence-electron chi connectivity index (χ4n) is 2.89. The SMILES string of the molecule is O=C(c1ccc2[nH]ccc2c1)N1CCc2ccccc21. The van der Waals surface area contributed by atoms with E-state index in [-0.39, 0.29) is 5.91 Å². The molecule has 3 aromatic rings. The van der Waals surface area contributed by atoms with Crippen LogP contribution in [-0.2, 0) is 6.42 Å². The van der Waals surface area contributed by atoms with Gasteiger partial charge in [-0.2, -0.15) is 0 Å². The number of rotatable bonds is 1. The molecule has 3 nitrogen and oxygen atoms in total. The second-order valence-corrected chi connectivity index (χ2v) is 5.12. The molecular formula is C17H14N2O. The zero-order valence-corrected chi connectivity index (χ0v) is 11.0. The smallest absolute Gasteiger partial charge is 0.258 e. The summed E-state index contributed by atoms with van der Waals surface area (Å²) in [4.78, 5) is 17.7. The topological polar surface area (TPSA) is 36.1 Å². The minimum absolute atomic E-state index is 0.0815. The van der Waals surface area contributed by atoms with E-state index in [4.69, 9.17) is 0 Å². The Hall–Kier alpha value is -2.55. The highest BCUT2D eigenvalue weighted by Gasteiger charge is 2.25. The molecule has 20 heavy (non-hydrogen) atoms. The molecule has 1 aliphatic rings. The maximum absolute atomic E-state index is 12.7. The molecule has 0 saturated carbocycles. The Morgan fingerprint density at radius 2 is 2.00 bits per heavy atom. The van der Waals surface area contributed by atoms with Gasteiger partial charge in [0.1, 0.15) is 0 Å². The van der Waals surface area contributed by atoms with E-state index in [1.54, 1.807) is 0 Å². The third-order valence-corrected chi connectivity index (χ3v) is 3.93. The summed E-state index contributed by atoms with van der Waals surface area (Å²) in [6.07, 6.45) is 2.83. The number of fused-ring (bicyclic) bond motifs is 2. The summed E-state index contributed by atoms with van der Waals surface area (Å²) in [5.74, 6) is 0.0815. The van der Waals surface area contributed by atoms with Crippen molar-refractivity contribution in [1.82, 2.24) is 4.98 Å². The van der Waals surface area contributed by atoms with Gasteiger partial charge in [-0.05, 0) is 42.3 Å². The zero-order chi connectivity index (χ0) is 13.5. The second kappa shape index (κ2) is 4.23. The van der Waals surface area contributed by atoms with Gasteiger partial charge in [0, 0.05) is 34.9 Å². The van der Waals surface area contributed by atoms with Crippen LogP contribution < -0.4 is 4.90 Å². The summed E-state index contributed by atoms with van der Waals surface area (Å²) < 4.78 is 0. The van der Waals surface area contributed by atoms with Crippen molar-refractivity contribution in [2.75, 3.05) is 11.4 Å². The number of hydrogen-bond acceptors (Lipinski definition) is 1. The number of carbonyl (C=O) groups excluding carboxylic acids is 1. The predicted molar refractivity (Wildman–Crippen MR) is 80.1 cm³/mol. The standard InChI is InChI=1S/C17H14N2O/c20-17(14-5-6-15-13(11-14)7-9-18-15)19-10-8-12-3-1-2-4-16(12)19/h1-7,9,11,18H,8,10H2. The molecule has 0 saturated heterocycles. The van der Waals surface area contributed by atoms with Crippen molar-refractivity contribution in [3.05, 3.63) is 65.9 Å². The van der Waals surface area contributed by atoms with Crippen LogP contribution in [0.4, 0.5) is 5.69 Å². The number of H-pyrrole nitrogens is 1. The molecule has 0 spiro atoms. The molecule has 4 rings (SSSR count). The van der Waals surface area contributed by atoms with Crippen LogP contribution >= 0.6 is 0 Å². The number of anilines is 1. The molecule has 3 heteroatoms. The highest BCUT2D eigenvalue weighted by atomic mass is 16.2. The van der Waals surface area contributed by atoms with Gasteiger partial charge in [-0.3, -0.25) is 4.79 Å². The van der Waals surface area contributed by atoms with E-state index in [0.717, 1.165) is 35.1 Å². The number of para-hydroxylation sites is 1. The first-order valence-corrected chi connectivity index (χ1v) is 6.80. The Morgan fingerprint density at radius 1 is 1.10 bits per heavy atom. The lowest BCUT2D eigenvalue weighted by atomic mass is 10.1. The van der Waals surface area contributed by atoms with Gasteiger partial charge in [0.15, 0.2) is 0 Å². The molecule has 0 atom stereocenters. The molecule has 2 heterocycles. The van der Waals surface area contributed by atoms with Gasteiger partial charge in [0.2, 0.25) is 0 Å². The van der Waals surface area contributed by atoms with E-state index in [9.17, 15) is 4.79 Å². The second-order valence-electron chi connectivity index (χ2n) is 5.12. The lowest BCUT2D eigenvalue weighted by Gasteiger charge is -2.17. The normalized spacial score (nSPS) is 13.7. The van der Waals surface area contributed by atoms with Crippen LogP contribution in [0.25, 0.3) is 10.9 Å². The van der Waals surface area contributed by atoms with Gasteiger partial charge in [-0.25, -0.2) is 0 Å². The number of amides is 1. The molecule has 0 fully saturated rings. The predicted octanol–water partition coefficient (Wildman–Crippen LogP) is 3.37. The summed E-state index contributed by atoms with van der Waals surface area (Å²) in [5, 5.41) is 1.07. The number of nitrogens with one attached hydrogen (secondary N) is 1. The summed E-state index contributed by atoms with van der Waals surface area (Å²) >= 11 is 0. The molecule has 1 amide bonds. The highest BCUT2D eigenvalue weighted by Crippen LogP contribution is 2.29. The van der Waals surface area contributed by atoms with Crippen molar-refractivity contribution in [2.24, 2.45) is 0 Å². The minimum atomic E-state index is 0.0815. The Kier molecular flexibility index (Phi) is 2.39. The molecule has 0 unspecified atom stereocenters. The molecule has 1 aliphatic heterocycles. The molecule has 98 valence electrons. The van der Waals surface area contributed by atoms with Crippen molar-refractivity contribution >= 4 is 22.5 Å². The molecule has 1 N–H and O–H groups in total. The fourth-order valence-corrected chi connectivity index (χ4v) is 2.89. The quantitative estimate of drug-likeness (QED) is 0.717. The van der Waals surface area contributed by atoms with E-state index < -0.39 is 0 Å². The largest absolute Gasteiger partial charge is 0.361 e. The summed E-state index contributed by atoms with van der Waals surface area (Å²) in [5.41, 5.74) is 4.10. The van der Waals surface area contributed by atoms with Crippen molar-refractivity contribution in [3.8, 4) is 0 Å². The number of aromatic amines is 1. The maximum Gasteiger partial charge on any atom is 0.258 e. The number of nitrogens with zero attached hydrogens (tertiary/aromatic N) is 1. The molecular weight excluding hydrogens is 248 g/mol. The van der Waals surface area contributed by atoms with Gasteiger partial charge in [-0.15, -0.1) is 0 Å². The van der Waals surface area contributed by atoms with Crippen LogP contribution in [0, 0.1) is 0 Å². The number of carbonyl (C=O) groups is 1. The Balaban J connectivity index is 1.74. The molecule has 0 radical (unpaired) electrons. The van der Waals surface area contributed by atoms with Crippen molar-refractivity contribution in [1.29, 1.82) is 0 Å². The minimum Gasteiger partial charge on any atom is -0.361 e. The van der Waals surface area contributed by atoms with Crippen molar-refractivity contribution in [3.63, 3.8) is 0 Å². The Morgan fingerprint density at radius 3 is 2.95 bits per heavy atom.